The van der Waals surface area contributed by atoms with Crippen LogP contribution in [0.1, 0.15) is 29.2 Å². The Morgan fingerprint density at radius 2 is 1.56 bits per heavy atom. The van der Waals surface area contributed by atoms with Crippen LogP contribution in [0.5, 0.6) is 0 Å². The van der Waals surface area contributed by atoms with E-state index in [-0.39, 0.29) is 30.9 Å². The zero-order valence-corrected chi connectivity index (χ0v) is 19.9. The molecule has 1 fully saturated rings. The summed E-state index contributed by atoms with van der Waals surface area (Å²) in [6.45, 7) is 2.18. The number of nitrogens with zero attached hydrogens (tertiary/aromatic N) is 2. The van der Waals surface area contributed by atoms with Gasteiger partial charge in [0, 0.05) is 17.8 Å². The summed E-state index contributed by atoms with van der Waals surface area (Å²) in [6, 6.07) is 27.7. The highest BCUT2D eigenvalue weighted by Gasteiger charge is 2.55. The molecule has 1 saturated heterocycles. The highest BCUT2D eigenvalue weighted by Crippen LogP contribution is 2.39. The van der Waals surface area contributed by atoms with Gasteiger partial charge in [0.25, 0.3) is 5.91 Å². The molecule has 36 heavy (non-hydrogen) atoms. The van der Waals surface area contributed by atoms with E-state index in [2.05, 4.69) is 0 Å². The molecule has 1 unspecified atom stereocenters. The molecule has 0 aliphatic carbocycles. The number of nitrogens with one attached hydrogen (secondary N) is 1. The second kappa shape index (κ2) is 8.85. The number of imide groups is 1. The smallest absolute Gasteiger partial charge is 0.328 e. The first-order chi connectivity index (χ1) is 17.3. The number of carbonyl (C=O) groups excluding carboxylic acids is 2. The van der Waals surface area contributed by atoms with Gasteiger partial charge in [0.15, 0.2) is 0 Å². The molecule has 0 radical (unpaired) electrons. The number of hydrogen-bond donors (Lipinski definition) is 3. The predicted molar refractivity (Wildman–Crippen MR) is 141 cm³/mol. The molecule has 0 bridgehead atoms. The average Bonchev–Trinajstić information content (AvgIpc) is 3.05. The molecule has 4 aromatic rings. The van der Waals surface area contributed by atoms with Crippen LogP contribution in [0.3, 0.4) is 0 Å². The van der Waals surface area contributed by atoms with Crippen LogP contribution in [0.15, 0.2) is 91.0 Å². The van der Waals surface area contributed by atoms with Crippen LogP contribution < -0.4 is 11.5 Å². The number of amides is 3. The van der Waals surface area contributed by atoms with E-state index in [9.17, 15) is 9.59 Å². The van der Waals surface area contributed by atoms with Crippen molar-refractivity contribution in [3.05, 3.63) is 113 Å². The molecule has 1 atom stereocenters. The van der Waals surface area contributed by atoms with E-state index in [1.807, 2.05) is 78.9 Å². The Labute approximate surface area is 209 Å². The fraction of sp³-hybridized carbons (Fsp3) is 0.138. The molecule has 1 aliphatic heterocycles. The Bertz CT molecular complexity index is 1500. The van der Waals surface area contributed by atoms with Crippen LogP contribution in [-0.2, 0) is 23.4 Å². The molecule has 5 rings (SSSR count). The zero-order valence-electron chi connectivity index (χ0n) is 19.9. The van der Waals surface area contributed by atoms with E-state index in [4.69, 9.17) is 16.9 Å². The number of nitrogen functional groups attached to an aromatic ring is 2. The van der Waals surface area contributed by atoms with Crippen molar-refractivity contribution in [3.8, 4) is 0 Å². The Morgan fingerprint density at radius 3 is 2.28 bits per heavy atom. The van der Waals surface area contributed by atoms with Gasteiger partial charge in [0.05, 0.1) is 6.54 Å². The summed E-state index contributed by atoms with van der Waals surface area (Å²) < 4.78 is 0. The lowest BCUT2D eigenvalue weighted by Crippen LogP contribution is -2.43. The number of benzene rings is 4. The van der Waals surface area contributed by atoms with Crippen molar-refractivity contribution in [2.75, 3.05) is 5.73 Å². The normalized spacial score (nSPS) is 17.7. The molecule has 0 aromatic heterocycles. The third-order valence-corrected chi connectivity index (χ3v) is 6.85. The molecule has 1 aliphatic rings. The van der Waals surface area contributed by atoms with Gasteiger partial charge in [-0.25, -0.2) is 4.79 Å². The minimum Gasteiger partial charge on any atom is -0.399 e. The number of carbonyl (C=O) groups is 2. The van der Waals surface area contributed by atoms with E-state index in [0.29, 0.717) is 11.3 Å². The van der Waals surface area contributed by atoms with Crippen LogP contribution >= 0.6 is 0 Å². The second-order valence-electron chi connectivity index (χ2n) is 9.25. The summed E-state index contributed by atoms with van der Waals surface area (Å²) in [5, 5.41) is 9.59. The van der Waals surface area contributed by atoms with Crippen molar-refractivity contribution in [2.45, 2.75) is 25.6 Å². The number of nitrogens with two attached hydrogens (primary N) is 2. The molecule has 7 nitrogen and oxygen atoms in total. The van der Waals surface area contributed by atoms with Crippen LogP contribution in [0.25, 0.3) is 10.8 Å². The fourth-order valence-corrected chi connectivity index (χ4v) is 4.83. The highest BCUT2D eigenvalue weighted by atomic mass is 16.2. The van der Waals surface area contributed by atoms with Crippen molar-refractivity contribution in [1.82, 2.24) is 9.80 Å². The average molecular weight is 478 g/mol. The molecule has 3 amide bonds. The van der Waals surface area contributed by atoms with Gasteiger partial charge in [-0.05, 0) is 58.7 Å². The maximum Gasteiger partial charge on any atom is 0.328 e. The maximum atomic E-state index is 13.9. The number of rotatable bonds is 6. The van der Waals surface area contributed by atoms with Gasteiger partial charge in [-0.15, -0.1) is 0 Å². The van der Waals surface area contributed by atoms with Crippen molar-refractivity contribution < 1.29 is 9.59 Å². The largest absolute Gasteiger partial charge is 0.399 e. The Balaban J connectivity index is 1.53. The van der Waals surface area contributed by atoms with E-state index in [1.165, 1.54) is 4.90 Å². The zero-order chi connectivity index (χ0) is 25.4. The first-order valence-electron chi connectivity index (χ1n) is 11.7. The first kappa shape index (κ1) is 23.1. The molecular formula is C29H27N5O2. The van der Waals surface area contributed by atoms with Gasteiger partial charge in [-0.3, -0.25) is 15.1 Å². The lowest BCUT2D eigenvalue weighted by molar-refractivity contribution is -0.133. The Morgan fingerprint density at radius 1 is 0.833 bits per heavy atom. The summed E-state index contributed by atoms with van der Waals surface area (Å²) in [5.74, 6) is -0.289. The van der Waals surface area contributed by atoms with Gasteiger partial charge < -0.3 is 16.4 Å². The molecule has 7 heteroatoms. The summed E-state index contributed by atoms with van der Waals surface area (Å²) in [6.07, 6.45) is 0. The third-order valence-electron chi connectivity index (χ3n) is 6.85. The summed E-state index contributed by atoms with van der Waals surface area (Å²) >= 11 is 0. The molecule has 5 N–H and O–H groups in total. The minimum absolute atomic E-state index is 0.0111. The van der Waals surface area contributed by atoms with Gasteiger partial charge in [0.2, 0.25) is 0 Å². The SMILES string of the molecule is CC1(c2ccccc2)C(=O)N(Cc2ccc3ccc(C(=N)N)cc3c2)C(=O)N1Cc1cccc(N)c1. The van der Waals surface area contributed by atoms with Crippen molar-refractivity contribution in [2.24, 2.45) is 5.73 Å². The van der Waals surface area contributed by atoms with Crippen LogP contribution in [0.4, 0.5) is 10.5 Å². The van der Waals surface area contributed by atoms with Crippen LogP contribution in [-0.4, -0.2) is 27.6 Å². The van der Waals surface area contributed by atoms with Crippen LogP contribution in [0, 0.1) is 5.41 Å². The number of hydrogen-bond acceptors (Lipinski definition) is 4. The van der Waals surface area contributed by atoms with E-state index in [0.717, 1.165) is 27.5 Å². The first-order valence-corrected chi connectivity index (χ1v) is 11.7. The molecular weight excluding hydrogens is 450 g/mol. The summed E-state index contributed by atoms with van der Waals surface area (Å²) in [4.78, 5) is 30.6. The van der Waals surface area contributed by atoms with E-state index >= 15 is 0 Å². The number of urea groups is 1. The number of anilines is 1. The molecule has 0 spiro atoms. The summed E-state index contributed by atoms with van der Waals surface area (Å²) in [5.41, 5.74) is 14.1. The number of fused-ring (bicyclic) bond motifs is 1. The monoisotopic (exact) mass is 477 g/mol. The molecule has 180 valence electrons. The second-order valence-corrected chi connectivity index (χ2v) is 9.25. The quantitative estimate of drug-likeness (QED) is 0.163. The van der Waals surface area contributed by atoms with Gasteiger partial charge in [-0.1, -0.05) is 66.7 Å². The van der Waals surface area contributed by atoms with Gasteiger partial charge in [0.1, 0.15) is 11.4 Å². The lowest BCUT2D eigenvalue weighted by Gasteiger charge is -2.32. The maximum absolute atomic E-state index is 13.9. The van der Waals surface area contributed by atoms with Crippen LogP contribution in [0.2, 0.25) is 0 Å². The highest BCUT2D eigenvalue weighted by molar-refractivity contribution is 6.07. The standard InChI is InChI=1S/C29H27N5O2/c1-29(24-7-3-2-4-8-24)27(35)33(28(36)34(29)18-19-6-5-9-25(30)15-19)17-20-10-11-21-12-13-22(26(31)32)16-23(21)14-20/h2-16H,17-18,30H2,1H3,(H3,31,32). The lowest BCUT2D eigenvalue weighted by atomic mass is 9.90. The fourth-order valence-electron chi connectivity index (χ4n) is 4.83. The topological polar surface area (TPSA) is 117 Å². The minimum atomic E-state index is -1.17. The van der Waals surface area contributed by atoms with Crippen molar-refractivity contribution in [3.63, 3.8) is 0 Å². The van der Waals surface area contributed by atoms with Gasteiger partial charge in [-0.2, -0.15) is 0 Å². The van der Waals surface area contributed by atoms with E-state index < -0.39 is 5.54 Å². The van der Waals surface area contributed by atoms with Crippen molar-refractivity contribution in [1.29, 1.82) is 5.41 Å². The number of amidine groups is 1. The third kappa shape index (κ3) is 3.94. The Hall–Kier alpha value is -4.65. The summed E-state index contributed by atoms with van der Waals surface area (Å²) in [7, 11) is 0. The van der Waals surface area contributed by atoms with Crippen molar-refractivity contribution >= 4 is 34.2 Å². The molecule has 1 heterocycles. The Kier molecular flexibility index (Phi) is 5.68. The van der Waals surface area contributed by atoms with Gasteiger partial charge >= 0.3 is 6.03 Å². The predicted octanol–water partition coefficient (Wildman–Crippen LogP) is 4.59. The molecule has 4 aromatic carbocycles. The molecule has 0 saturated carbocycles. The van der Waals surface area contributed by atoms with E-state index in [1.54, 1.807) is 24.0 Å².